The second-order valence-corrected chi connectivity index (χ2v) is 18.7. The molecule has 0 saturated carbocycles. The molecule has 29 heavy (non-hydrogen) atoms. The smallest absolute Gasteiger partial charge is 0.248 e. The molecule has 5 nitrogen and oxygen atoms in total. The van der Waals surface area contributed by atoms with E-state index in [4.69, 9.17) is 4.74 Å². The van der Waals surface area contributed by atoms with E-state index < -0.39 is 20.5 Å². The van der Waals surface area contributed by atoms with Crippen molar-refractivity contribution in [3.05, 3.63) is 30.1 Å². The zero-order chi connectivity index (χ0) is 22.4. The SMILES string of the molecule is CC(C)N(C(C)C)P(=O)(N(C(C)C)C(C)C)[C@]1([Si](C)(C)C)O[C@H]1c1ccccn1. The molecule has 0 amide bonds. The first-order valence-electron chi connectivity index (χ1n) is 11.0. The fourth-order valence-electron chi connectivity index (χ4n) is 5.07. The van der Waals surface area contributed by atoms with Gasteiger partial charge < -0.3 is 4.74 Å². The molecular weight excluding hydrogens is 397 g/mol. The molecule has 2 rings (SSSR count). The fraction of sp³-hybridized carbons (Fsp3) is 0.773. The summed E-state index contributed by atoms with van der Waals surface area (Å²) in [6.07, 6.45) is 1.59. The van der Waals surface area contributed by atoms with E-state index in [0.29, 0.717) is 0 Å². The van der Waals surface area contributed by atoms with Crippen LogP contribution in [0.15, 0.2) is 24.4 Å². The molecule has 1 aromatic heterocycles. The molecule has 166 valence electrons. The minimum Gasteiger partial charge on any atom is -0.352 e. The highest BCUT2D eigenvalue weighted by atomic mass is 31.2. The van der Waals surface area contributed by atoms with Gasteiger partial charge in [0.1, 0.15) is 6.10 Å². The molecule has 0 spiro atoms. The second-order valence-electron chi connectivity index (χ2n) is 10.4. The van der Waals surface area contributed by atoms with Gasteiger partial charge >= 0.3 is 0 Å². The zero-order valence-electron chi connectivity index (χ0n) is 20.3. The lowest BCUT2D eigenvalue weighted by Crippen LogP contribution is -2.55. The van der Waals surface area contributed by atoms with E-state index in [1.807, 2.05) is 24.4 Å². The Hall–Kier alpha value is -0.523. The maximum atomic E-state index is 15.6. The Morgan fingerprint density at radius 2 is 1.38 bits per heavy atom. The Kier molecular flexibility index (Phi) is 7.29. The van der Waals surface area contributed by atoms with Crippen LogP contribution in [0.1, 0.15) is 67.2 Å². The van der Waals surface area contributed by atoms with Gasteiger partial charge in [-0.2, -0.15) is 0 Å². The van der Waals surface area contributed by atoms with Gasteiger partial charge in [0.25, 0.3) is 0 Å². The van der Waals surface area contributed by atoms with Crippen LogP contribution in [-0.2, 0) is 9.30 Å². The molecular formula is C22H42N3O2PSi. The molecule has 0 bridgehead atoms. The number of hydrogen-bond donors (Lipinski definition) is 0. The van der Waals surface area contributed by atoms with Gasteiger partial charge in [-0.15, -0.1) is 0 Å². The Morgan fingerprint density at radius 3 is 1.69 bits per heavy atom. The Bertz CT molecular complexity index is 693. The number of nitrogens with zero attached hydrogens (tertiary/aromatic N) is 3. The van der Waals surface area contributed by atoms with E-state index in [-0.39, 0.29) is 30.3 Å². The summed E-state index contributed by atoms with van der Waals surface area (Å²) in [5.74, 6) is 0. The summed E-state index contributed by atoms with van der Waals surface area (Å²) in [5.41, 5.74) is 0.898. The Balaban J connectivity index is 2.82. The minimum absolute atomic E-state index is 0.141. The van der Waals surface area contributed by atoms with Crippen molar-refractivity contribution in [2.45, 2.75) is 110 Å². The summed E-state index contributed by atoms with van der Waals surface area (Å²) in [5, 5.41) is 0. The maximum Gasteiger partial charge on any atom is 0.248 e. The maximum absolute atomic E-state index is 15.6. The molecule has 1 fully saturated rings. The number of epoxide rings is 1. The monoisotopic (exact) mass is 439 g/mol. The minimum atomic E-state index is -3.13. The summed E-state index contributed by atoms with van der Waals surface area (Å²) in [6.45, 7) is 24.1. The lowest BCUT2D eigenvalue weighted by Gasteiger charge is -2.51. The number of rotatable bonds is 9. The van der Waals surface area contributed by atoms with Gasteiger partial charge in [-0.05, 0) is 67.5 Å². The first-order chi connectivity index (χ1) is 13.2. The standard InChI is InChI=1S/C22H42N3O2PSi/c1-16(2)24(17(3)4)28(26,25(18(5)6)19(7)8)22(29(9,10)11)21(27-22)20-14-12-13-15-23-20/h12-19,21H,1-11H3/t21-,22+/m0/s1. The summed E-state index contributed by atoms with van der Waals surface area (Å²) >= 11 is 0. The van der Waals surface area contributed by atoms with Crippen LogP contribution in [0.5, 0.6) is 0 Å². The van der Waals surface area contributed by atoms with Crippen molar-refractivity contribution in [3.63, 3.8) is 0 Å². The molecule has 1 aliphatic heterocycles. The van der Waals surface area contributed by atoms with Crippen molar-refractivity contribution in [3.8, 4) is 0 Å². The summed E-state index contributed by atoms with van der Waals surface area (Å²) in [6, 6.07) is 6.50. The molecule has 1 saturated heterocycles. The number of pyridine rings is 1. The van der Waals surface area contributed by atoms with E-state index >= 15 is 4.57 Å². The first kappa shape index (κ1) is 24.7. The molecule has 1 aliphatic rings. The van der Waals surface area contributed by atoms with E-state index in [0.717, 1.165) is 5.69 Å². The van der Waals surface area contributed by atoms with E-state index in [1.165, 1.54) is 0 Å². The highest BCUT2D eigenvalue weighted by Crippen LogP contribution is 2.80. The van der Waals surface area contributed by atoms with Crippen LogP contribution in [0.2, 0.25) is 19.6 Å². The van der Waals surface area contributed by atoms with Crippen molar-refractivity contribution < 1.29 is 9.30 Å². The van der Waals surface area contributed by atoms with Gasteiger partial charge in [0.05, 0.1) is 13.8 Å². The average Bonchev–Trinajstić information content (AvgIpc) is 3.31. The van der Waals surface area contributed by atoms with Gasteiger partial charge in [0.15, 0.2) is 4.97 Å². The summed E-state index contributed by atoms with van der Waals surface area (Å²) in [7, 11) is -5.21. The summed E-state index contributed by atoms with van der Waals surface area (Å²) < 4.78 is 26.8. The van der Waals surface area contributed by atoms with Crippen molar-refractivity contribution in [1.29, 1.82) is 0 Å². The third-order valence-corrected chi connectivity index (χ3v) is 15.5. The lowest BCUT2D eigenvalue weighted by molar-refractivity contribution is 0.210. The largest absolute Gasteiger partial charge is 0.352 e. The number of ether oxygens (including phenoxy) is 1. The highest BCUT2D eigenvalue weighted by Gasteiger charge is 2.78. The zero-order valence-corrected chi connectivity index (χ0v) is 22.2. The van der Waals surface area contributed by atoms with Gasteiger partial charge in [0.2, 0.25) is 7.44 Å². The normalized spacial score (nSPS) is 23.3. The van der Waals surface area contributed by atoms with Crippen LogP contribution >= 0.6 is 7.44 Å². The first-order valence-corrected chi connectivity index (χ1v) is 16.1. The highest BCUT2D eigenvalue weighted by molar-refractivity contribution is 7.64. The van der Waals surface area contributed by atoms with Gasteiger partial charge in [-0.1, -0.05) is 25.7 Å². The molecule has 0 radical (unpaired) electrons. The average molecular weight is 440 g/mol. The van der Waals surface area contributed by atoms with E-state index in [9.17, 15) is 0 Å². The molecule has 0 aromatic carbocycles. The Morgan fingerprint density at radius 1 is 0.931 bits per heavy atom. The topological polar surface area (TPSA) is 49.0 Å². The van der Waals surface area contributed by atoms with Crippen LogP contribution in [0.3, 0.4) is 0 Å². The lowest BCUT2D eigenvalue weighted by atomic mass is 10.3. The molecule has 1 aromatic rings. The predicted octanol–water partition coefficient (Wildman–Crippen LogP) is 6.16. The van der Waals surface area contributed by atoms with Crippen LogP contribution in [0, 0.1) is 0 Å². The molecule has 2 heterocycles. The molecule has 0 N–H and O–H groups in total. The predicted molar refractivity (Wildman–Crippen MR) is 126 cm³/mol. The van der Waals surface area contributed by atoms with E-state index in [1.54, 1.807) is 0 Å². The third-order valence-electron chi connectivity index (χ3n) is 5.80. The van der Waals surface area contributed by atoms with Gasteiger partial charge in [-0.3, -0.25) is 9.55 Å². The van der Waals surface area contributed by atoms with Crippen molar-refractivity contribution in [1.82, 2.24) is 14.3 Å². The summed E-state index contributed by atoms with van der Waals surface area (Å²) in [4.78, 5) is 3.92. The Labute approximate surface area is 179 Å². The number of aromatic nitrogens is 1. The van der Waals surface area contributed by atoms with Crippen molar-refractivity contribution in [2.75, 3.05) is 0 Å². The molecule has 0 unspecified atom stereocenters. The van der Waals surface area contributed by atoms with Gasteiger partial charge in [0, 0.05) is 30.4 Å². The van der Waals surface area contributed by atoms with Crippen molar-refractivity contribution in [2.24, 2.45) is 0 Å². The number of hydrogen-bond acceptors (Lipinski definition) is 3. The molecule has 7 heteroatoms. The third kappa shape index (κ3) is 4.04. The van der Waals surface area contributed by atoms with E-state index in [2.05, 4.69) is 89.4 Å². The van der Waals surface area contributed by atoms with Crippen LogP contribution in [-0.4, -0.2) is 51.5 Å². The molecule has 2 atom stereocenters. The fourth-order valence-corrected chi connectivity index (χ4v) is 14.8. The van der Waals surface area contributed by atoms with Crippen LogP contribution < -0.4 is 0 Å². The van der Waals surface area contributed by atoms with Gasteiger partial charge in [-0.25, -0.2) is 9.34 Å². The second kappa shape index (κ2) is 8.55. The van der Waals surface area contributed by atoms with Crippen LogP contribution in [0.25, 0.3) is 0 Å². The molecule has 0 aliphatic carbocycles. The van der Waals surface area contributed by atoms with Crippen LogP contribution in [0.4, 0.5) is 0 Å². The van der Waals surface area contributed by atoms with Crippen molar-refractivity contribution >= 4 is 15.5 Å². The quantitative estimate of drug-likeness (QED) is 0.262.